The number of nitrogens with one attached hydrogen (secondary N) is 2. The zero-order chi connectivity index (χ0) is 20.9. The highest BCUT2D eigenvalue weighted by molar-refractivity contribution is 7.92. The monoisotopic (exact) mass is 450 g/mol. The number of halogens is 2. The topological polar surface area (TPSA) is 84.5 Å². The Morgan fingerprint density at radius 3 is 2.24 bits per heavy atom. The van der Waals surface area contributed by atoms with Crippen LogP contribution in [0.2, 0.25) is 10.0 Å². The fraction of sp³-hybridized carbons (Fsp3) is 0.0500. The molecule has 0 aliphatic rings. The minimum Gasteiger partial charge on any atom is -0.482 e. The van der Waals surface area contributed by atoms with Gasteiger partial charge in [-0.2, -0.15) is 0 Å². The van der Waals surface area contributed by atoms with Gasteiger partial charge >= 0.3 is 0 Å². The van der Waals surface area contributed by atoms with Gasteiger partial charge in [0.15, 0.2) is 6.61 Å². The molecule has 0 saturated heterocycles. The molecule has 0 spiro atoms. The molecule has 0 saturated carbocycles. The van der Waals surface area contributed by atoms with E-state index in [9.17, 15) is 13.2 Å². The number of ether oxygens (including phenoxy) is 1. The molecule has 3 aromatic carbocycles. The lowest BCUT2D eigenvalue weighted by molar-refractivity contribution is -0.118. The molecule has 0 unspecified atom stereocenters. The Balaban J connectivity index is 1.64. The average Bonchev–Trinajstić information content (AvgIpc) is 2.69. The minimum absolute atomic E-state index is 0.0430. The number of para-hydroxylation sites is 1. The molecule has 6 nitrogen and oxygen atoms in total. The second-order valence-corrected chi connectivity index (χ2v) is 8.43. The van der Waals surface area contributed by atoms with Gasteiger partial charge in [-0.3, -0.25) is 9.52 Å². The van der Waals surface area contributed by atoms with Gasteiger partial charge in [-0.05, 0) is 54.6 Å². The molecular formula is C20H16Cl2N2O4S. The summed E-state index contributed by atoms with van der Waals surface area (Å²) in [5.41, 5.74) is 1.00. The van der Waals surface area contributed by atoms with Gasteiger partial charge in [-0.15, -0.1) is 0 Å². The van der Waals surface area contributed by atoms with Crippen LogP contribution in [0.5, 0.6) is 5.75 Å². The number of carbonyl (C=O) groups is 1. The van der Waals surface area contributed by atoms with Crippen molar-refractivity contribution in [2.75, 3.05) is 16.6 Å². The van der Waals surface area contributed by atoms with E-state index in [4.69, 9.17) is 27.9 Å². The predicted octanol–water partition coefficient (Wildman–Crippen LogP) is 4.81. The van der Waals surface area contributed by atoms with Crippen LogP contribution in [0.25, 0.3) is 0 Å². The zero-order valence-electron chi connectivity index (χ0n) is 14.9. The molecule has 0 fully saturated rings. The van der Waals surface area contributed by atoms with Crippen LogP contribution in [0.1, 0.15) is 0 Å². The molecule has 3 rings (SSSR count). The number of anilines is 2. The molecule has 0 radical (unpaired) electrons. The Kier molecular flexibility index (Phi) is 6.64. The van der Waals surface area contributed by atoms with Crippen LogP contribution < -0.4 is 14.8 Å². The molecule has 0 bridgehead atoms. The lowest BCUT2D eigenvalue weighted by Gasteiger charge is -2.11. The van der Waals surface area contributed by atoms with Crippen molar-refractivity contribution in [3.63, 3.8) is 0 Å². The number of hydrogen-bond acceptors (Lipinski definition) is 4. The number of sulfonamides is 1. The van der Waals surface area contributed by atoms with Gasteiger partial charge in [0.2, 0.25) is 0 Å². The third kappa shape index (κ3) is 5.87. The molecular weight excluding hydrogens is 435 g/mol. The first-order chi connectivity index (χ1) is 13.8. The first-order valence-corrected chi connectivity index (χ1v) is 10.6. The van der Waals surface area contributed by atoms with Crippen molar-refractivity contribution in [3.05, 3.63) is 82.8 Å². The highest BCUT2D eigenvalue weighted by Crippen LogP contribution is 2.28. The maximum Gasteiger partial charge on any atom is 0.262 e. The molecule has 29 heavy (non-hydrogen) atoms. The van der Waals surface area contributed by atoms with Crippen LogP contribution in [0.4, 0.5) is 11.4 Å². The van der Waals surface area contributed by atoms with Gasteiger partial charge in [0.05, 0.1) is 9.92 Å². The molecule has 9 heteroatoms. The lowest BCUT2D eigenvalue weighted by Crippen LogP contribution is -2.20. The Labute approximate surface area is 178 Å². The van der Waals surface area contributed by atoms with E-state index in [2.05, 4.69) is 10.0 Å². The summed E-state index contributed by atoms with van der Waals surface area (Å²) in [4.78, 5) is 11.9. The van der Waals surface area contributed by atoms with Crippen molar-refractivity contribution >= 4 is 50.5 Å². The largest absolute Gasteiger partial charge is 0.482 e. The van der Waals surface area contributed by atoms with E-state index in [-0.39, 0.29) is 28.2 Å². The van der Waals surface area contributed by atoms with Crippen LogP contribution in [-0.4, -0.2) is 20.9 Å². The summed E-state index contributed by atoms with van der Waals surface area (Å²) in [6.07, 6.45) is 0. The molecule has 0 atom stereocenters. The molecule has 2 N–H and O–H groups in total. The van der Waals surface area contributed by atoms with Crippen LogP contribution in [0, 0.1) is 0 Å². The second-order valence-electron chi connectivity index (χ2n) is 5.91. The molecule has 0 aliphatic carbocycles. The molecule has 150 valence electrons. The summed E-state index contributed by atoms with van der Waals surface area (Å²) >= 11 is 11.9. The molecule has 3 aromatic rings. The average molecular weight is 451 g/mol. The maximum absolute atomic E-state index is 12.5. The molecule has 0 aliphatic heterocycles. The van der Waals surface area contributed by atoms with E-state index in [0.29, 0.717) is 16.4 Å². The summed E-state index contributed by atoms with van der Waals surface area (Å²) in [5.74, 6) is -0.173. The highest BCUT2D eigenvalue weighted by Gasteiger charge is 2.17. The van der Waals surface area contributed by atoms with Crippen molar-refractivity contribution in [1.29, 1.82) is 0 Å². The van der Waals surface area contributed by atoms with Gasteiger partial charge in [0.25, 0.3) is 15.9 Å². The Morgan fingerprint density at radius 1 is 0.897 bits per heavy atom. The summed E-state index contributed by atoms with van der Waals surface area (Å²) in [6.45, 7) is -0.274. The van der Waals surface area contributed by atoms with Crippen molar-refractivity contribution in [3.8, 4) is 5.75 Å². The highest BCUT2D eigenvalue weighted by atomic mass is 35.5. The number of rotatable bonds is 7. The normalized spacial score (nSPS) is 11.0. The quantitative estimate of drug-likeness (QED) is 0.540. The van der Waals surface area contributed by atoms with Crippen molar-refractivity contribution < 1.29 is 17.9 Å². The smallest absolute Gasteiger partial charge is 0.262 e. The van der Waals surface area contributed by atoms with Gasteiger partial charge in [-0.25, -0.2) is 8.42 Å². The third-order valence-corrected chi connectivity index (χ3v) is 5.65. The number of benzene rings is 3. The van der Waals surface area contributed by atoms with E-state index in [1.54, 1.807) is 48.5 Å². The molecule has 1 amide bonds. The summed E-state index contributed by atoms with van der Waals surface area (Å²) < 4.78 is 32.9. The van der Waals surface area contributed by atoms with Gasteiger partial charge in [-0.1, -0.05) is 41.4 Å². The number of amides is 1. The van der Waals surface area contributed by atoms with Crippen LogP contribution in [0.3, 0.4) is 0 Å². The van der Waals surface area contributed by atoms with Crippen molar-refractivity contribution in [1.82, 2.24) is 0 Å². The lowest BCUT2D eigenvalue weighted by atomic mass is 10.3. The van der Waals surface area contributed by atoms with E-state index in [1.807, 2.05) is 6.07 Å². The van der Waals surface area contributed by atoms with Crippen LogP contribution >= 0.6 is 23.2 Å². The summed E-state index contributed by atoms with van der Waals surface area (Å²) in [7, 11) is -3.85. The third-order valence-electron chi connectivity index (χ3n) is 3.73. The van der Waals surface area contributed by atoms with E-state index in [0.717, 1.165) is 0 Å². The summed E-state index contributed by atoms with van der Waals surface area (Å²) in [5, 5.41) is 3.24. The van der Waals surface area contributed by atoms with E-state index >= 15 is 0 Å². The van der Waals surface area contributed by atoms with Gasteiger partial charge in [0, 0.05) is 16.4 Å². The standard InChI is InChI=1S/C20H16Cl2N2O4S/c21-14-6-8-16(9-7-14)24-29(26,27)17-10-11-19(18(22)12-17)28-13-20(25)23-15-4-2-1-3-5-15/h1-12,24H,13H2,(H,23,25). The molecule has 0 aromatic heterocycles. The predicted molar refractivity (Wildman–Crippen MR) is 114 cm³/mol. The zero-order valence-corrected chi connectivity index (χ0v) is 17.3. The fourth-order valence-corrected chi connectivity index (χ4v) is 3.87. The first kappa shape index (κ1) is 21.0. The Hall–Kier alpha value is -2.74. The Morgan fingerprint density at radius 2 is 1.59 bits per heavy atom. The van der Waals surface area contributed by atoms with Crippen molar-refractivity contribution in [2.45, 2.75) is 4.90 Å². The first-order valence-electron chi connectivity index (χ1n) is 8.39. The molecule has 0 heterocycles. The minimum atomic E-state index is -3.85. The van der Waals surface area contributed by atoms with Gasteiger partial charge < -0.3 is 10.1 Å². The van der Waals surface area contributed by atoms with E-state index < -0.39 is 10.0 Å². The van der Waals surface area contributed by atoms with E-state index in [1.165, 1.54) is 18.2 Å². The fourth-order valence-electron chi connectivity index (χ4n) is 2.36. The van der Waals surface area contributed by atoms with Crippen LogP contribution in [0.15, 0.2) is 77.7 Å². The van der Waals surface area contributed by atoms with Crippen LogP contribution in [-0.2, 0) is 14.8 Å². The SMILES string of the molecule is O=C(COc1ccc(S(=O)(=O)Nc2ccc(Cl)cc2)cc1Cl)Nc1ccccc1. The number of hydrogen-bond donors (Lipinski definition) is 2. The Bertz CT molecular complexity index is 1110. The van der Waals surface area contributed by atoms with Gasteiger partial charge in [0.1, 0.15) is 5.75 Å². The second kappa shape index (κ2) is 9.17. The van der Waals surface area contributed by atoms with Crippen molar-refractivity contribution in [2.24, 2.45) is 0 Å². The summed E-state index contributed by atoms with van der Waals surface area (Å²) in [6, 6.07) is 19.2. The maximum atomic E-state index is 12.5. The number of carbonyl (C=O) groups excluding carboxylic acids is 1.